The van der Waals surface area contributed by atoms with Crippen molar-refractivity contribution in [2.45, 2.75) is 20.0 Å². The average Bonchev–Trinajstić information content (AvgIpc) is 4.19. The zero-order valence-corrected chi connectivity index (χ0v) is 34.4. The molecule has 2 aliphatic heterocycles. The van der Waals surface area contributed by atoms with Crippen molar-refractivity contribution in [3.8, 4) is 44.5 Å². The summed E-state index contributed by atoms with van der Waals surface area (Å²) in [5.41, 5.74) is -11.7. The number of aromatic nitrogens is 4. The Kier molecular flexibility index (Phi) is 11.3. The van der Waals surface area contributed by atoms with Crippen molar-refractivity contribution in [1.82, 2.24) is 19.9 Å². The highest BCUT2D eigenvalue weighted by Crippen LogP contribution is 2.43. The molecule has 0 radical (unpaired) electrons. The number of H-pyrrole nitrogens is 2. The molecule has 0 saturated heterocycles. The second-order valence-electron chi connectivity index (χ2n) is 15.2. The molecule has 4 aromatic carbocycles. The van der Waals surface area contributed by atoms with Gasteiger partial charge in [-0.15, -0.1) is 0 Å². The molecule has 9 rings (SSSR count). The van der Waals surface area contributed by atoms with Crippen LogP contribution in [0.4, 0.5) is 65.9 Å². The highest BCUT2D eigenvalue weighted by Gasteiger charge is 2.34. The van der Waals surface area contributed by atoms with Gasteiger partial charge < -0.3 is 14.7 Å². The summed E-state index contributed by atoms with van der Waals surface area (Å²) in [5, 5.41) is 0. The lowest BCUT2D eigenvalue weighted by atomic mass is 10.0. The molecule has 5 heterocycles. The summed E-state index contributed by atoms with van der Waals surface area (Å²) in [6.07, 6.45) is 3.03. The molecule has 2 N–H and O–H groups in total. The zero-order chi connectivity index (χ0) is 49.7. The van der Waals surface area contributed by atoms with Crippen molar-refractivity contribution in [2.75, 3.05) is 0 Å². The number of ether oxygens (including phenoxy) is 1. The highest BCUT2D eigenvalue weighted by atomic mass is 19.2. The predicted octanol–water partition coefficient (Wildman–Crippen LogP) is 14.0. The first-order valence-corrected chi connectivity index (χ1v) is 19.7. The Morgan fingerprint density at radius 3 is 0.942 bits per heavy atom. The van der Waals surface area contributed by atoms with Gasteiger partial charge in [0.05, 0.1) is 39.5 Å². The Balaban J connectivity index is 1.52. The number of hydrogen-bond donors (Lipinski definition) is 2. The Bertz CT molecular complexity index is 3500. The zero-order valence-electron chi connectivity index (χ0n) is 34.4. The van der Waals surface area contributed by atoms with Crippen molar-refractivity contribution in [3.63, 3.8) is 0 Å². The smallest absolute Gasteiger partial charge is 0.303 e. The van der Waals surface area contributed by atoms with Gasteiger partial charge in [-0.25, -0.2) is 75.8 Å². The Morgan fingerprint density at radius 2 is 0.652 bits per heavy atom. The van der Waals surface area contributed by atoms with Crippen LogP contribution in [0.3, 0.4) is 0 Å². The van der Waals surface area contributed by atoms with Gasteiger partial charge in [-0.05, 0) is 66.6 Å². The third-order valence-electron chi connectivity index (χ3n) is 11.1. The van der Waals surface area contributed by atoms with Crippen LogP contribution in [0.5, 0.6) is 0 Å². The lowest BCUT2D eigenvalue weighted by molar-refractivity contribution is -0.145. The molecular formula is C48H21F15N4O2. The summed E-state index contributed by atoms with van der Waals surface area (Å²) in [5.74, 6) is -37.6. The van der Waals surface area contributed by atoms with Crippen LogP contribution < -0.4 is 0 Å². The van der Waals surface area contributed by atoms with Crippen molar-refractivity contribution in [2.24, 2.45) is 0 Å². The molecule has 21 heteroatoms. The van der Waals surface area contributed by atoms with Crippen LogP contribution in [0, 0.1) is 87.3 Å². The van der Waals surface area contributed by atoms with E-state index in [4.69, 9.17) is 4.74 Å². The monoisotopic (exact) mass is 970 g/mol. The topological polar surface area (TPSA) is 83.7 Å². The van der Waals surface area contributed by atoms with Gasteiger partial charge in [-0.1, -0.05) is 24.3 Å². The van der Waals surface area contributed by atoms with E-state index in [1.807, 2.05) is 0 Å². The third-order valence-corrected chi connectivity index (χ3v) is 11.1. The first-order valence-electron chi connectivity index (χ1n) is 19.7. The fourth-order valence-corrected chi connectivity index (χ4v) is 8.01. The van der Waals surface area contributed by atoms with Gasteiger partial charge in [0, 0.05) is 51.2 Å². The van der Waals surface area contributed by atoms with E-state index in [1.165, 1.54) is 43.3 Å². The second-order valence-corrected chi connectivity index (χ2v) is 15.2. The van der Waals surface area contributed by atoms with E-state index in [1.54, 1.807) is 6.92 Å². The van der Waals surface area contributed by atoms with Gasteiger partial charge in [0.15, 0.2) is 69.8 Å². The molecule has 0 spiro atoms. The Hall–Kier alpha value is -8.10. The number of rotatable bonds is 6. The molecule has 0 fully saturated rings. The summed E-state index contributed by atoms with van der Waals surface area (Å²) in [6.45, 7) is 2.71. The maximum Gasteiger partial charge on any atom is 0.303 e. The van der Waals surface area contributed by atoms with Gasteiger partial charge in [-0.3, -0.25) is 4.79 Å². The number of hydrogen-bond acceptors (Lipinski definition) is 4. The normalized spacial score (nSPS) is 12.6. The van der Waals surface area contributed by atoms with E-state index in [0.717, 1.165) is 36.4 Å². The number of aromatic amines is 2. The number of nitrogens with one attached hydrogen (secondary N) is 2. The van der Waals surface area contributed by atoms with Crippen molar-refractivity contribution >= 4 is 52.3 Å². The molecule has 350 valence electrons. The summed E-state index contributed by atoms with van der Waals surface area (Å²) < 4.78 is 234. The number of nitrogens with zero attached hydrogens (tertiary/aromatic N) is 2. The molecule has 7 aromatic rings. The van der Waals surface area contributed by atoms with Gasteiger partial charge >= 0.3 is 5.97 Å². The van der Waals surface area contributed by atoms with Crippen molar-refractivity contribution in [1.29, 1.82) is 0 Å². The number of carbonyl (C=O) groups is 1. The van der Waals surface area contributed by atoms with E-state index in [9.17, 15) is 26.7 Å². The maximum atomic E-state index is 15.9. The first-order chi connectivity index (χ1) is 32.7. The molecular weight excluding hydrogens is 950 g/mol. The van der Waals surface area contributed by atoms with Crippen LogP contribution >= 0.6 is 0 Å². The minimum absolute atomic E-state index is 0.00920. The molecule has 0 amide bonds. The largest absolute Gasteiger partial charge is 0.458 e. The number of halogens is 15. The highest BCUT2D eigenvalue weighted by molar-refractivity contribution is 6.00. The van der Waals surface area contributed by atoms with E-state index in [-0.39, 0.29) is 22.3 Å². The van der Waals surface area contributed by atoms with Gasteiger partial charge in [0.2, 0.25) is 17.5 Å². The number of carbonyl (C=O) groups excluding carboxylic acids is 1. The van der Waals surface area contributed by atoms with Crippen LogP contribution in [0.1, 0.15) is 48.3 Å². The second kappa shape index (κ2) is 16.9. The molecule has 0 aliphatic carbocycles. The average molecular weight is 971 g/mol. The molecule has 3 aromatic heterocycles. The quantitative estimate of drug-likeness (QED) is 0.0753. The Labute approximate surface area is 375 Å². The van der Waals surface area contributed by atoms with Crippen LogP contribution in [-0.2, 0) is 9.53 Å². The number of esters is 1. The molecule has 6 nitrogen and oxygen atoms in total. The first kappa shape index (κ1) is 46.0. The summed E-state index contributed by atoms with van der Waals surface area (Å²) in [6, 6.07) is 9.84. The van der Waals surface area contributed by atoms with Crippen LogP contribution in [0.15, 0.2) is 48.5 Å². The predicted molar refractivity (Wildman–Crippen MR) is 220 cm³/mol. The van der Waals surface area contributed by atoms with Gasteiger partial charge in [0.1, 0.15) is 6.10 Å². The van der Waals surface area contributed by atoms with Crippen LogP contribution in [0.2, 0.25) is 0 Å². The number of benzene rings is 4. The van der Waals surface area contributed by atoms with E-state index >= 15 is 43.9 Å². The van der Waals surface area contributed by atoms with Crippen LogP contribution in [-0.4, -0.2) is 25.9 Å². The minimum atomic E-state index is -2.63. The standard InChI is InChI=1S/C48H21F15N4O2/c1-15(69-16(2)68)17-3-5-18(6-4-17)27-19-7-9-21(64-19)28(31-34(49)40(55)46(61)41(56)35(31)50)23-11-13-25(66-23)30(33-38(53)44(59)48(63)45(60)39(33)54)26-14-12-24(67-26)29(22-10-8-20(27)65-22)32-36(51)42(57)47(62)43(58)37(32)52/h3-15,64,67H,1-2H3. The lowest BCUT2D eigenvalue weighted by Crippen LogP contribution is -2.06. The third kappa shape index (κ3) is 7.30. The van der Waals surface area contributed by atoms with Crippen molar-refractivity contribution in [3.05, 3.63) is 164 Å². The minimum Gasteiger partial charge on any atom is -0.458 e. The van der Waals surface area contributed by atoms with E-state index in [0.29, 0.717) is 5.56 Å². The fraction of sp³-hybridized carbons (Fsp3) is 0.0625. The Morgan fingerprint density at radius 1 is 0.391 bits per heavy atom. The SMILES string of the molecule is CC(=O)OC(C)c1ccc(-c2c3nc(c(-c4c(F)c(F)c(F)c(F)c4F)c4ccc([nH]4)c(-c4c(F)c(F)c(F)c(F)c4F)c4nc(c(-c5c(F)c(F)c(F)c(F)c5F)c5ccc2[nH]5)C=C4)C=C3)cc1. The molecule has 8 bridgehead atoms. The molecule has 0 saturated carbocycles. The maximum absolute atomic E-state index is 15.9. The molecule has 2 aliphatic rings. The summed E-state index contributed by atoms with van der Waals surface area (Å²) in [4.78, 5) is 25.5. The van der Waals surface area contributed by atoms with E-state index in [2.05, 4.69) is 19.9 Å². The fourth-order valence-electron chi connectivity index (χ4n) is 8.01. The summed E-state index contributed by atoms with van der Waals surface area (Å²) in [7, 11) is 0. The van der Waals surface area contributed by atoms with Gasteiger partial charge in [-0.2, -0.15) is 0 Å². The summed E-state index contributed by atoms with van der Waals surface area (Å²) >= 11 is 0. The van der Waals surface area contributed by atoms with Crippen molar-refractivity contribution < 1.29 is 75.4 Å². The molecule has 69 heavy (non-hydrogen) atoms. The molecule has 1 unspecified atom stereocenters. The lowest BCUT2D eigenvalue weighted by Gasteiger charge is -2.13. The van der Waals surface area contributed by atoms with Gasteiger partial charge in [0.25, 0.3) is 0 Å². The molecule has 1 atom stereocenters. The number of fused-ring (bicyclic) bond motifs is 8. The van der Waals surface area contributed by atoms with Crippen LogP contribution in [0.25, 0.3) is 90.9 Å². The van der Waals surface area contributed by atoms with E-state index < -0.39 is 166 Å².